The van der Waals surface area contributed by atoms with Crippen molar-refractivity contribution in [2.45, 2.75) is 18.9 Å². The summed E-state index contributed by atoms with van der Waals surface area (Å²) < 4.78 is 0. The zero-order valence-electron chi connectivity index (χ0n) is 13.9. The maximum atomic E-state index is 13.0. The van der Waals surface area contributed by atoms with Gasteiger partial charge in [0.05, 0.1) is 10.6 Å². The number of hydrogen-bond donors (Lipinski definition) is 1. The highest BCUT2D eigenvalue weighted by molar-refractivity contribution is 7.22. The number of aromatic nitrogens is 1. The van der Waals surface area contributed by atoms with Crippen LogP contribution in [0.25, 0.3) is 9.88 Å². The first-order chi connectivity index (χ1) is 12.1. The van der Waals surface area contributed by atoms with E-state index in [1.165, 1.54) is 16.9 Å². The Labute approximate surface area is 154 Å². The van der Waals surface area contributed by atoms with Gasteiger partial charge in [-0.2, -0.15) is 0 Å². The molecular formula is C19H19N3OS2. The molecule has 6 heteroatoms. The summed E-state index contributed by atoms with van der Waals surface area (Å²) in [6.07, 6.45) is 0. The summed E-state index contributed by atoms with van der Waals surface area (Å²) in [4.78, 5) is 21.3. The van der Waals surface area contributed by atoms with Crippen molar-refractivity contribution in [2.24, 2.45) is 5.73 Å². The Morgan fingerprint density at radius 1 is 1.20 bits per heavy atom. The van der Waals surface area contributed by atoms with E-state index in [0.29, 0.717) is 13.1 Å². The van der Waals surface area contributed by atoms with Crippen LogP contribution >= 0.6 is 22.7 Å². The Kier molecular flexibility index (Phi) is 4.41. The molecule has 2 aromatic heterocycles. The third-order valence-corrected chi connectivity index (χ3v) is 6.79. The molecule has 4 rings (SSSR count). The molecule has 2 N–H and O–H groups in total. The Balaban J connectivity index is 1.56. The van der Waals surface area contributed by atoms with Gasteiger partial charge in [-0.3, -0.25) is 4.79 Å². The largest absolute Gasteiger partial charge is 0.336 e. The first kappa shape index (κ1) is 16.4. The highest BCUT2D eigenvalue weighted by Gasteiger charge is 2.35. The van der Waals surface area contributed by atoms with Gasteiger partial charge in [0.1, 0.15) is 9.88 Å². The second-order valence-corrected chi connectivity index (χ2v) is 8.25. The van der Waals surface area contributed by atoms with E-state index in [4.69, 9.17) is 5.73 Å². The van der Waals surface area contributed by atoms with Crippen LogP contribution in [0, 0.1) is 6.92 Å². The van der Waals surface area contributed by atoms with Gasteiger partial charge in [0.15, 0.2) is 0 Å². The number of thiazole rings is 1. The van der Waals surface area contributed by atoms with Crippen LogP contribution in [0.15, 0.2) is 47.8 Å². The second-order valence-electron chi connectivity index (χ2n) is 6.30. The van der Waals surface area contributed by atoms with Crippen molar-refractivity contribution < 1.29 is 4.79 Å². The number of benzene rings is 1. The van der Waals surface area contributed by atoms with Crippen molar-refractivity contribution >= 4 is 28.6 Å². The molecule has 2 atom stereocenters. The van der Waals surface area contributed by atoms with E-state index < -0.39 is 0 Å². The predicted octanol–water partition coefficient (Wildman–Crippen LogP) is 3.75. The number of hydrogen-bond acceptors (Lipinski definition) is 5. The van der Waals surface area contributed by atoms with Crippen molar-refractivity contribution in [3.05, 3.63) is 64.0 Å². The van der Waals surface area contributed by atoms with Crippen LogP contribution in [0.1, 0.15) is 26.8 Å². The smallest absolute Gasteiger partial charge is 0.265 e. The van der Waals surface area contributed by atoms with Gasteiger partial charge in [-0.1, -0.05) is 36.4 Å². The van der Waals surface area contributed by atoms with E-state index in [1.54, 1.807) is 11.3 Å². The van der Waals surface area contributed by atoms with Crippen molar-refractivity contribution in [3.63, 3.8) is 0 Å². The van der Waals surface area contributed by atoms with Gasteiger partial charge in [-0.05, 0) is 23.9 Å². The van der Waals surface area contributed by atoms with Crippen molar-refractivity contribution in [1.82, 2.24) is 9.88 Å². The lowest BCUT2D eigenvalue weighted by molar-refractivity contribution is 0.0793. The average molecular weight is 370 g/mol. The maximum absolute atomic E-state index is 13.0. The average Bonchev–Trinajstić information content (AvgIpc) is 3.34. The molecule has 0 aliphatic carbocycles. The number of amides is 1. The maximum Gasteiger partial charge on any atom is 0.265 e. The molecule has 4 nitrogen and oxygen atoms in total. The monoisotopic (exact) mass is 369 g/mol. The van der Waals surface area contributed by atoms with E-state index in [0.717, 1.165) is 20.5 Å². The summed E-state index contributed by atoms with van der Waals surface area (Å²) in [6.45, 7) is 3.16. The number of likely N-dealkylation sites (tertiary alicyclic amines) is 1. The number of nitrogens with zero attached hydrogens (tertiary/aromatic N) is 2. The Hall–Kier alpha value is -2.02. The van der Waals surface area contributed by atoms with Crippen molar-refractivity contribution in [3.8, 4) is 9.88 Å². The summed E-state index contributed by atoms with van der Waals surface area (Å²) in [6, 6.07) is 14.2. The summed E-state index contributed by atoms with van der Waals surface area (Å²) in [5.41, 5.74) is 8.33. The predicted molar refractivity (Wildman–Crippen MR) is 103 cm³/mol. The molecule has 0 unspecified atom stereocenters. The molecule has 1 aromatic carbocycles. The molecule has 0 radical (unpaired) electrons. The van der Waals surface area contributed by atoms with Gasteiger partial charge in [0, 0.05) is 25.0 Å². The molecule has 0 spiro atoms. The fraction of sp³-hybridized carbons (Fsp3) is 0.263. The molecule has 3 heterocycles. The molecule has 0 bridgehead atoms. The van der Waals surface area contributed by atoms with Gasteiger partial charge in [0.25, 0.3) is 5.91 Å². The first-order valence-electron chi connectivity index (χ1n) is 8.24. The fourth-order valence-corrected chi connectivity index (χ4v) is 5.12. The molecule has 3 aromatic rings. The molecular weight excluding hydrogens is 350 g/mol. The van der Waals surface area contributed by atoms with E-state index in [2.05, 4.69) is 17.1 Å². The van der Waals surface area contributed by atoms with Gasteiger partial charge in [-0.15, -0.1) is 22.7 Å². The topological polar surface area (TPSA) is 59.2 Å². The minimum Gasteiger partial charge on any atom is -0.336 e. The van der Waals surface area contributed by atoms with Gasteiger partial charge < -0.3 is 10.6 Å². The zero-order chi connectivity index (χ0) is 17.4. The minimum absolute atomic E-state index is 0.0312. The Bertz CT molecular complexity index is 873. The summed E-state index contributed by atoms with van der Waals surface area (Å²) in [5, 5.41) is 2.94. The Morgan fingerprint density at radius 2 is 2.00 bits per heavy atom. The van der Waals surface area contributed by atoms with Crippen LogP contribution in [0.5, 0.6) is 0 Å². The standard InChI is InChI=1S/C19H19N3OS2/c1-12-17(25-18(21-12)16-8-5-9-24-16)19(23)22-10-14(15(20)11-22)13-6-3-2-4-7-13/h2-9,14-15H,10-11,20H2,1H3/t14-,15+/m0/s1. The van der Waals surface area contributed by atoms with Crippen LogP contribution in [-0.4, -0.2) is 34.9 Å². The lowest BCUT2D eigenvalue weighted by atomic mass is 9.95. The number of carbonyl (C=O) groups excluding carboxylic acids is 1. The molecule has 1 saturated heterocycles. The van der Waals surface area contributed by atoms with Gasteiger partial charge >= 0.3 is 0 Å². The van der Waals surface area contributed by atoms with Crippen LogP contribution in [0.3, 0.4) is 0 Å². The summed E-state index contributed by atoms with van der Waals surface area (Å²) in [7, 11) is 0. The molecule has 1 amide bonds. The molecule has 1 aliphatic rings. The van der Waals surface area contributed by atoms with Gasteiger partial charge in [0.2, 0.25) is 0 Å². The molecule has 0 saturated carbocycles. The normalized spacial score (nSPS) is 20.2. The number of rotatable bonds is 3. The Morgan fingerprint density at radius 3 is 2.72 bits per heavy atom. The number of carbonyl (C=O) groups is 1. The van der Waals surface area contributed by atoms with E-state index in [9.17, 15) is 4.79 Å². The van der Waals surface area contributed by atoms with Crippen molar-refractivity contribution in [2.75, 3.05) is 13.1 Å². The highest BCUT2D eigenvalue weighted by atomic mass is 32.1. The lowest BCUT2D eigenvalue weighted by Gasteiger charge is -2.15. The van der Waals surface area contributed by atoms with E-state index in [1.807, 2.05) is 47.5 Å². The van der Waals surface area contributed by atoms with Crippen LogP contribution in [-0.2, 0) is 0 Å². The second kappa shape index (κ2) is 6.71. The SMILES string of the molecule is Cc1nc(-c2cccs2)sc1C(=O)N1C[C@@H](N)[C@H](c2ccccc2)C1. The van der Waals surface area contributed by atoms with Gasteiger partial charge in [-0.25, -0.2) is 4.98 Å². The lowest BCUT2D eigenvalue weighted by Crippen LogP contribution is -2.32. The zero-order valence-corrected chi connectivity index (χ0v) is 15.5. The summed E-state index contributed by atoms with van der Waals surface area (Å²) in [5.74, 6) is 0.238. The number of thiophene rings is 1. The number of aryl methyl sites for hydroxylation is 1. The van der Waals surface area contributed by atoms with E-state index in [-0.39, 0.29) is 17.9 Å². The van der Waals surface area contributed by atoms with Crippen molar-refractivity contribution in [1.29, 1.82) is 0 Å². The minimum atomic E-state index is -0.0312. The quantitative estimate of drug-likeness (QED) is 0.765. The molecule has 25 heavy (non-hydrogen) atoms. The van der Waals surface area contributed by atoms with E-state index >= 15 is 0 Å². The van der Waals surface area contributed by atoms with Crippen LogP contribution in [0.4, 0.5) is 0 Å². The fourth-order valence-electron chi connectivity index (χ4n) is 3.29. The van der Waals surface area contributed by atoms with Crippen LogP contribution in [0.2, 0.25) is 0 Å². The molecule has 128 valence electrons. The third kappa shape index (κ3) is 3.13. The summed E-state index contributed by atoms with van der Waals surface area (Å²) >= 11 is 3.12. The third-order valence-electron chi connectivity index (χ3n) is 4.60. The van der Waals surface area contributed by atoms with Crippen LogP contribution < -0.4 is 5.73 Å². The molecule has 1 aliphatic heterocycles. The molecule has 1 fully saturated rings. The number of nitrogens with two attached hydrogens (primary N) is 1. The highest BCUT2D eigenvalue weighted by Crippen LogP contribution is 2.33. The first-order valence-corrected chi connectivity index (χ1v) is 9.94.